The highest BCUT2D eigenvalue weighted by atomic mass is 35.5. The summed E-state index contributed by atoms with van der Waals surface area (Å²) in [5.74, 6) is -0.476. The molecule has 2 aliphatic rings. The Balaban J connectivity index is 0.986. The normalized spacial score (nSPS) is 17.4. The lowest BCUT2D eigenvalue weighted by atomic mass is 9.83. The number of ether oxygens (including phenoxy) is 1. The van der Waals surface area contributed by atoms with Gasteiger partial charge in [-0.2, -0.15) is 0 Å². The zero-order valence-electron chi connectivity index (χ0n) is 30.0. The number of fused-ring (bicyclic) bond motifs is 3. The number of aryl methyl sites for hydroxylation is 1. The molecule has 276 valence electrons. The molecule has 6 aromatic rings. The number of hydrogen-bond donors (Lipinski definition) is 2. The van der Waals surface area contributed by atoms with E-state index in [9.17, 15) is 19.8 Å². The van der Waals surface area contributed by atoms with Crippen LogP contribution in [0, 0.1) is 5.92 Å². The summed E-state index contributed by atoms with van der Waals surface area (Å²) < 4.78 is 7.87. The molecule has 11 heteroatoms. The van der Waals surface area contributed by atoms with Gasteiger partial charge >= 0.3 is 0 Å². The zero-order chi connectivity index (χ0) is 38.1. The molecular formula is C44H38ClN5O5. The third-order valence-electron chi connectivity index (χ3n) is 10.3. The fraction of sp³-hybridized carbons (Fsp3) is 0.182. The topological polar surface area (TPSA) is 121 Å². The zero-order valence-corrected chi connectivity index (χ0v) is 30.8. The lowest BCUT2D eigenvalue weighted by molar-refractivity contribution is -0.139. The summed E-state index contributed by atoms with van der Waals surface area (Å²) in [4.78, 5) is 31.4. The lowest BCUT2D eigenvalue weighted by Gasteiger charge is -2.28. The van der Waals surface area contributed by atoms with Crippen LogP contribution < -0.4 is 14.5 Å². The Kier molecular flexibility index (Phi) is 9.79. The summed E-state index contributed by atoms with van der Waals surface area (Å²) in [7, 11) is 0. The molecular weight excluding hydrogens is 714 g/mol. The van der Waals surface area contributed by atoms with Crippen molar-refractivity contribution in [2.75, 3.05) is 16.4 Å². The quantitative estimate of drug-likeness (QED) is 0.128. The maximum absolute atomic E-state index is 14.2. The summed E-state index contributed by atoms with van der Waals surface area (Å²) in [6.45, 7) is 2.44. The number of amides is 2. The monoisotopic (exact) mass is 751 g/mol. The minimum atomic E-state index is -1.85. The predicted octanol–water partition coefficient (Wildman–Crippen LogP) is 8.16. The second kappa shape index (κ2) is 15.0. The summed E-state index contributed by atoms with van der Waals surface area (Å²) in [6, 6.07) is 36.9. The molecule has 8 rings (SSSR count). The van der Waals surface area contributed by atoms with E-state index in [4.69, 9.17) is 16.3 Å². The van der Waals surface area contributed by atoms with Crippen LogP contribution in [0.4, 0.5) is 17.1 Å². The number of aromatic nitrogens is 3. The molecule has 0 saturated carbocycles. The average molecular weight is 752 g/mol. The van der Waals surface area contributed by atoms with Crippen LogP contribution in [-0.4, -0.2) is 43.6 Å². The average Bonchev–Trinajstić information content (AvgIpc) is 3.71. The van der Waals surface area contributed by atoms with Gasteiger partial charge in [0, 0.05) is 34.9 Å². The van der Waals surface area contributed by atoms with E-state index >= 15 is 0 Å². The number of rotatable bonds is 11. The first kappa shape index (κ1) is 35.9. The molecule has 0 aliphatic carbocycles. The standard InChI is InChI=1S/C44H38ClN5O5/c1-29(11-9-10-24-48-27-37(46-47-48)35(28-51)31-12-3-2-4-13-31)44(54)36-25-32(45)20-23-38(36)49(43(44)53)26-30-18-21-33(22-19-30)50-39-15-6-8-17-41(39)55-40-16-7-5-14-34(40)42(50)52/h2-9,11-23,25,27,29,35,51,54H,10,24,26,28H2,1H3/b11-9+/t29-,35?,44+/m1/s1. The Morgan fingerprint density at radius 1 is 0.873 bits per heavy atom. The molecule has 3 atom stereocenters. The van der Waals surface area contributed by atoms with Crippen molar-refractivity contribution in [1.29, 1.82) is 0 Å². The van der Waals surface area contributed by atoms with Crippen molar-refractivity contribution in [3.05, 3.63) is 173 Å². The minimum Gasteiger partial charge on any atom is -0.454 e. The number of hydrogen-bond acceptors (Lipinski definition) is 7. The molecule has 1 aromatic heterocycles. The van der Waals surface area contributed by atoms with Crippen LogP contribution in [0.25, 0.3) is 0 Å². The van der Waals surface area contributed by atoms with Gasteiger partial charge in [0.1, 0.15) is 5.75 Å². The van der Waals surface area contributed by atoms with Gasteiger partial charge in [-0.15, -0.1) is 5.10 Å². The van der Waals surface area contributed by atoms with Gasteiger partial charge in [-0.1, -0.05) is 103 Å². The fourth-order valence-electron chi connectivity index (χ4n) is 7.36. The molecule has 2 N–H and O–H groups in total. The number of nitrogens with zero attached hydrogens (tertiary/aromatic N) is 5. The second-order valence-corrected chi connectivity index (χ2v) is 14.2. The molecule has 2 aliphatic heterocycles. The second-order valence-electron chi connectivity index (χ2n) is 13.7. The number of allylic oxidation sites excluding steroid dienone is 1. The Hall–Kier alpha value is -6.07. The van der Waals surface area contributed by atoms with E-state index in [1.54, 1.807) is 44.8 Å². The number of aliphatic hydroxyl groups excluding tert-OH is 1. The van der Waals surface area contributed by atoms with Crippen molar-refractivity contribution in [1.82, 2.24) is 15.0 Å². The number of carbonyl (C=O) groups is 2. The highest BCUT2D eigenvalue weighted by Gasteiger charge is 2.52. The van der Waals surface area contributed by atoms with E-state index in [-0.39, 0.29) is 25.0 Å². The van der Waals surface area contributed by atoms with E-state index in [1.807, 2.05) is 116 Å². The molecule has 0 fully saturated rings. The lowest BCUT2D eigenvalue weighted by Crippen LogP contribution is -2.44. The first-order chi connectivity index (χ1) is 26.8. The first-order valence-electron chi connectivity index (χ1n) is 18.1. The highest BCUT2D eigenvalue weighted by Crippen LogP contribution is 2.47. The van der Waals surface area contributed by atoms with Crippen LogP contribution in [0.1, 0.15) is 52.0 Å². The largest absolute Gasteiger partial charge is 0.454 e. The van der Waals surface area contributed by atoms with E-state index in [0.29, 0.717) is 63.4 Å². The van der Waals surface area contributed by atoms with Crippen molar-refractivity contribution in [3.63, 3.8) is 0 Å². The van der Waals surface area contributed by atoms with Crippen LogP contribution >= 0.6 is 11.6 Å². The van der Waals surface area contributed by atoms with Crippen molar-refractivity contribution in [2.24, 2.45) is 5.92 Å². The summed E-state index contributed by atoms with van der Waals surface area (Å²) in [5.41, 5.74) is 3.34. The van der Waals surface area contributed by atoms with Crippen LogP contribution in [0.2, 0.25) is 5.02 Å². The number of aliphatic hydroxyl groups is 2. The van der Waals surface area contributed by atoms with E-state index < -0.39 is 17.4 Å². The van der Waals surface area contributed by atoms with Gasteiger partial charge in [0.25, 0.3) is 11.8 Å². The summed E-state index contributed by atoms with van der Waals surface area (Å²) in [5, 5.41) is 31.2. The number of carbonyl (C=O) groups excluding carboxylic acids is 2. The van der Waals surface area contributed by atoms with Crippen LogP contribution in [0.3, 0.4) is 0 Å². The van der Waals surface area contributed by atoms with Gasteiger partial charge in [-0.25, -0.2) is 0 Å². The molecule has 55 heavy (non-hydrogen) atoms. The molecule has 0 spiro atoms. The Morgan fingerprint density at radius 3 is 2.38 bits per heavy atom. The van der Waals surface area contributed by atoms with Crippen molar-refractivity contribution < 1.29 is 24.5 Å². The predicted molar refractivity (Wildman–Crippen MR) is 211 cm³/mol. The van der Waals surface area contributed by atoms with E-state index in [1.165, 1.54) is 0 Å². The summed E-state index contributed by atoms with van der Waals surface area (Å²) >= 11 is 6.43. The molecule has 0 radical (unpaired) electrons. The number of halogens is 1. The van der Waals surface area contributed by atoms with Gasteiger partial charge in [0.05, 0.1) is 41.7 Å². The van der Waals surface area contributed by atoms with E-state index in [0.717, 1.165) is 11.1 Å². The van der Waals surface area contributed by atoms with Gasteiger partial charge in [0.15, 0.2) is 11.4 Å². The molecule has 0 bridgehead atoms. The molecule has 2 amide bonds. The van der Waals surface area contributed by atoms with Crippen molar-refractivity contribution in [2.45, 2.75) is 38.0 Å². The van der Waals surface area contributed by atoms with Crippen LogP contribution in [-0.2, 0) is 23.5 Å². The molecule has 5 aromatic carbocycles. The first-order valence-corrected chi connectivity index (χ1v) is 18.5. The third-order valence-corrected chi connectivity index (χ3v) is 10.6. The van der Waals surface area contributed by atoms with Crippen LogP contribution in [0.5, 0.6) is 11.5 Å². The Bertz CT molecular complexity index is 2400. The van der Waals surface area contributed by atoms with Gasteiger partial charge in [0.2, 0.25) is 0 Å². The van der Waals surface area contributed by atoms with Gasteiger partial charge in [-0.3, -0.25) is 19.2 Å². The van der Waals surface area contributed by atoms with Gasteiger partial charge in [-0.05, 0) is 72.1 Å². The molecule has 10 nitrogen and oxygen atoms in total. The summed E-state index contributed by atoms with van der Waals surface area (Å²) in [6.07, 6.45) is 6.18. The SMILES string of the molecule is C[C@H](/C=C/CCn1cc(C(CO)c2ccccc2)nn1)[C@@]1(O)C(=O)N(Cc2ccc(N3C(=O)c4ccccc4Oc4ccccc43)cc2)c2ccc(Cl)cc21. The minimum absolute atomic E-state index is 0.0829. The number of benzene rings is 5. The van der Waals surface area contributed by atoms with Crippen molar-refractivity contribution in [3.8, 4) is 11.5 Å². The molecule has 0 saturated heterocycles. The number of para-hydroxylation sites is 3. The van der Waals surface area contributed by atoms with Crippen LogP contribution in [0.15, 0.2) is 140 Å². The van der Waals surface area contributed by atoms with Crippen molar-refractivity contribution >= 4 is 40.5 Å². The highest BCUT2D eigenvalue weighted by molar-refractivity contribution is 6.31. The Morgan fingerprint density at radius 2 is 1.60 bits per heavy atom. The molecule has 3 heterocycles. The Labute approximate surface area is 323 Å². The molecule has 1 unspecified atom stereocenters. The van der Waals surface area contributed by atoms with E-state index in [2.05, 4.69) is 10.3 Å². The fourth-order valence-corrected chi connectivity index (χ4v) is 7.53. The maximum Gasteiger partial charge on any atom is 0.266 e. The number of anilines is 3. The van der Waals surface area contributed by atoms with Gasteiger partial charge < -0.3 is 19.8 Å². The third kappa shape index (κ3) is 6.69. The smallest absolute Gasteiger partial charge is 0.266 e. The maximum atomic E-state index is 14.2.